The molecule has 1 fully saturated rings. The summed E-state index contributed by atoms with van der Waals surface area (Å²) in [6, 6.07) is 18.0. The highest BCUT2D eigenvalue weighted by molar-refractivity contribution is 7.99. The Morgan fingerprint density at radius 1 is 1.11 bits per heavy atom. The first kappa shape index (κ1) is 19.5. The lowest BCUT2D eigenvalue weighted by molar-refractivity contribution is -0.137. The molecule has 0 aromatic heterocycles. The van der Waals surface area contributed by atoms with E-state index in [9.17, 15) is 9.59 Å². The summed E-state index contributed by atoms with van der Waals surface area (Å²) >= 11 is 1.64. The molecule has 2 aromatic rings. The fourth-order valence-electron chi connectivity index (χ4n) is 3.07. The number of carbonyl (C=O) groups is 2. The fraction of sp³-hybridized carbons (Fsp3) is 0.364. The molecule has 4 nitrogen and oxygen atoms in total. The molecule has 0 aliphatic carbocycles. The van der Waals surface area contributed by atoms with Crippen LogP contribution >= 0.6 is 11.8 Å². The first-order valence-corrected chi connectivity index (χ1v) is 10.6. The lowest BCUT2D eigenvalue weighted by Gasteiger charge is -2.24. The third-order valence-electron chi connectivity index (χ3n) is 4.92. The van der Waals surface area contributed by atoms with Gasteiger partial charge in [0.1, 0.15) is 6.04 Å². The Morgan fingerprint density at radius 2 is 1.78 bits per heavy atom. The van der Waals surface area contributed by atoms with Crippen molar-refractivity contribution in [1.82, 2.24) is 10.2 Å². The summed E-state index contributed by atoms with van der Waals surface area (Å²) in [6.07, 6.45) is 1.20. The van der Waals surface area contributed by atoms with Crippen LogP contribution in [0.25, 0.3) is 11.1 Å². The number of hydrogen-bond donors (Lipinski definition) is 1. The normalized spacial score (nSPS) is 17.6. The van der Waals surface area contributed by atoms with E-state index in [1.54, 1.807) is 16.7 Å². The van der Waals surface area contributed by atoms with E-state index in [0.717, 1.165) is 23.1 Å². The van der Waals surface area contributed by atoms with Crippen LogP contribution in [-0.4, -0.2) is 40.4 Å². The van der Waals surface area contributed by atoms with Crippen LogP contribution in [0.2, 0.25) is 0 Å². The predicted molar refractivity (Wildman–Crippen MR) is 111 cm³/mol. The smallest absolute Gasteiger partial charge is 0.243 e. The maximum Gasteiger partial charge on any atom is 0.243 e. The van der Waals surface area contributed by atoms with E-state index in [2.05, 4.69) is 17.4 Å². The largest absolute Gasteiger partial charge is 0.352 e. The van der Waals surface area contributed by atoms with E-state index in [1.807, 2.05) is 56.3 Å². The second kappa shape index (κ2) is 9.09. The molecule has 3 rings (SSSR count). The number of nitrogens with one attached hydrogen (secondary N) is 1. The molecule has 27 heavy (non-hydrogen) atoms. The molecule has 1 N–H and O–H groups in total. The van der Waals surface area contributed by atoms with Crippen molar-refractivity contribution in [1.29, 1.82) is 0 Å². The first-order chi connectivity index (χ1) is 13.1. The van der Waals surface area contributed by atoms with Gasteiger partial charge in [0.05, 0.1) is 12.3 Å². The van der Waals surface area contributed by atoms with Crippen LogP contribution in [0.15, 0.2) is 54.6 Å². The zero-order valence-electron chi connectivity index (χ0n) is 15.9. The molecule has 0 radical (unpaired) electrons. The molecule has 2 unspecified atom stereocenters. The van der Waals surface area contributed by atoms with E-state index in [4.69, 9.17) is 0 Å². The molecule has 1 saturated heterocycles. The van der Waals surface area contributed by atoms with E-state index < -0.39 is 0 Å². The Hall–Kier alpha value is -2.27. The highest BCUT2D eigenvalue weighted by atomic mass is 32.2. The summed E-state index contributed by atoms with van der Waals surface area (Å²) in [5.74, 6) is 1.22. The van der Waals surface area contributed by atoms with E-state index in [0.29, 0.717) is 18.1 Å². The molecular formula is C22H26N2O2S. The molecule has 1 aliphatic rings. The minimum atomic E-state index is -0.361. The van der Waals surface area contributed by atoms with Crippen molar-refractivity contribution >= 4 is 23.6 Å². The van der Waals surface area contributed by atoms with Gasteiger partial charge >= 0.3 is 0 Å². The zero-order chi connectivity index (χ0) is 19.2. The van der Waals surface area contributed by atoms with Gasteiger partial charge in [-0.25, -0.2) is 0 Å². The van der Waals surface area contributed by atoms with Crippen LogP contribution in [0.4, 0.5) is 0 Å². The van der Waals surface area contributed by atoms with E-state index in [1.165, 1.54) is 0 Å². The molecule has 2 aromatic carbocycles. The van der Waals surface area contributed by atoms with Crippen LogP contribution in [0.5, 0.6) is 0 Å². The van der Waals surface area contributed by atoms with Crippen LogP contribution in [0.1, 0.15) is 25.8 Å². The summed E-state index contributed by atoms with van der Waals surface area (Å²) in [6.45, 7) is 4.02. The minimum Gasteiger partial charge on any atom is -0.352 e. The van der Waals surface area contributed by atoms with Gasteiger partial charge in [-0.2, -0.15) is 0 Å². The SMILES string of the molecule is CCC(C)NC(=O)C1CSCN1C(=O)Cc1ccc(-c2ccccc2)cc1. The number of nitrogens with zero attached hydrogens (tertiary/aromatic N) is 1. The summed E-state index contributed by atoms with van der Waals surface area (Å²) in [4.78, 5) is 27.0. The van der Waals surface area contributed by atoms with Crippen LogP contribution < -0.4 is 5.32 Å². The van der Waals surface area contributed by atoms with Crippen molar-refractivity contribution in [2.75, 3.05) is 11.6 Å². The Morgan fingerprint density at radius 3 is 2.44 bits per heavy atom. The number of amides is 2. The second-order valence-corrected chi connectivity index (χ2v) is 7.94. The van der Waals surface area contributed by atoms with Gasteiger partial charge in [-0.15, -0.1) is 11.8 Å². The van der Waals surface area contributed by atoms with Gasteiger partial charge < -0.3 is 10.2 Å². The molecule has 5 heteroatoms. The first-order valence-electron chi connectivity index (χ1n) is 9.40. The molecule has 1 heterocycles. The third-order valence-corrected chi connectivity index (χ3v) is 5.93. The Kier molecular flexibility index (Phi) is 6.56. The number of hydrogen-bond acceptors (Lipinski definition) is 3. The van der Waals surface area contributed by atoms with Crippen molar-refractivity contribution in [2.45, 2.75) is 38.8 Å². The highest BCUT2D eigenvalue weighted by Crippen LogP contribution is 2.23. The van der Waals surface area contributed by atoms with Crippen LogP contribution in [0, 0.1) is 0 Å². The number of rotatable bonds is 6. The minimum absolute atomic E-state index is 0.0109. The number of benzene rings is 2. The van der Waals surface area contributed by atoms with Crippen molar-refractivity contribution in [3.05, 3.63) is 60.2 Å². The van der Waals surface area contributed by atoms with Crippen molar-refractivity contribution < 1.29 is 9.59 Å². The Balaban J connectivity index is 1.63. The van der Waals surface area contributed by atoms with Gasteiger partial charge in [0, 0.05) is 11.8 Å². The predicted octanol–water partition coefficient (Wildman–Crippen LogP) is 3.71. The molecule has 0 spiro atoms. The molecule has 0 bridgehead atoms. The summed E-state index contributed by atoms with van der Waals surface area (Å²) in [7, 11) is 0. The van der Waals surface area contributed by atoms with Crippen LogP contribution in [0.3, 0.4) is 0 Å². The molecule has 142 valence electrons. The lowest BCUT2D eigenvalue weighted by Crippen LogP contribution is -2.49. The summed E-state index contributed by atoms with van der Waals surface area (Å²) < 4.78 is 0. The second-order valence-electron chi connectivity index (χ2n) is 6.94. The molecular weight excluding hydrogens is 356 g/mol. The standard InChI is InChI=1S/C22H26N2O2S/c1-3-16(2)23-22(26)20-14-27-15-24(20)21(25)13-17-9-11-19(12-10-17)18-7-5-4-6-8-18/h4-12,16,20H,3,13-15H2,1-2H3,(H,23,26). The van der Waals surface area contributed by atoms with Crippen molar-refractivity contribution in [3.8, 4) is 11.1 Å². The zero-order valence-corrected chi connectivity index (χ0v) is 16.7. The van der Waals surface area contributed by atoms with Gasteiger partial charge in [-0.1, -0.05) is 61.5 Å². The van der Waals surface area contributed by atoms with E-state index in [-0.39, 0.29) is 23.9 Å². The van der Waals surface area contributed by atoms with Gasteiger partial charge in [0.15, 0.2) is 0 Å². The molecule has 0 saturated carbocycles. The maximum absolute atomic E-state index is 12.8. The lowest BCUT2D eigenvalue weighted by atomic mass is 10.0. The average molecular weight is 383 g/mol. The van der Waals surface area contributed by atoms with Gasteiger partial charge in [0.25, 0.3) is 0 Å². The maximum atomic E-state index is 12.8. The summed E-state index contributed by atoms with van der Waals surface area (Å²) in [5, 5.41) is 3.00. The van der Waals surface area contributed by atoms with Gasteiger partial charge in [-0.3, -0.25) is 9.59 Å². The topological polar surface area (TPSA) is 49.4 Å². The number of thioether (sulfide) groups is 1. The van der Waals surface area contributed by atoms with Crippen molar-refractivity contribution in [3.63, 3.8) is 0 Å². The quantitative estimate of drug-likeness (QED) is 0.828. The number of carbonyl (C=O) groups excluding carboxylic acids is 2. The summed E-state index contributed by atoms with van der Waals surface area (Å²) in [5.41, 5.74) is 3.26. The molecule has 2 amide bonds. The van der Waals surface area contributed by atoms with Gasteiger partial charge in [0.2, 0.25) is 11.8 Å². The third kappa shape index (κ3) is 4.92. The molecule has 2 atom stereocenters. The Labute approximate surface area is 165 Å². The average Bonchev–Trinajstić information content (AvgIpc) is 3.19. The van der Waals surface area contributed by atoms with E-state index >= 15 is 0 Å². The monoisotopic (exact) mass is 382 g/mol. The van der Waals surface area contributed by atoms with Gasteiger partial charge in [-0.05, 0) is 30.0 Å². The highest BCUT2D eigenvalue weighted by Gasteiger charge is 2.34. The molecule has 1 aliphatic heterocycles. The van der Waals surface area contributed by atoms with Crippen LogP contribution in [-0.2, 0) is 16.0 Å². The Bertz CT molecular complexity index is 777. The fourth-order valence-corrected chi connectivity index (χ4v) is 4.25. The van der Waals surface area contributed by atoms with Crippen molar-refractivity contribution in [2.24, 2.45) is 0 Å².